The molecule has 3 atom stereocenters. The first-order valence-electron chi connectivity index (χ1n) is 13.1. The molecule has 1 fully saturated rings. The van der Waals surface area contributed by atoms with Crippen LogP contribution in [0, 0.1) is 13.8 Å². The van der Waals surface area contributed by atoms with Gasteiger partial charge in [0.2, 0.25) is 5.91 Å². The van der Waals surface area contributed by atoms with Crippen molar-refractivity contribution in [2.75, 3.05) is 12.5 Å². The van der Waals surface area contributed by atoms with Gasteiger partial charge >= 0.3 is 5.97 Å². The first kappa shape index (κ1) is 30.5. The predicted molar refractivity (Wildman–Crippen MR) is 154 cm³/mol. The van der Waals surface area contributed by atoms with Crippen molar-refractivity contribution in [2.24, 2.45) is 5.73 Å². The van der Waals surface area contributed by atoms with Gasteiger partial charge in [-0.3, -0.25) is 9.59 Å². The van der Waals surface area contributed by atoms with Crippen molar-refractivity contribution in [1.29, 1.82) is 0 Å². The highest BCUT2D eigenvalue weighted by Gasteiger charge is 2.50. The second kappa shape index (κ2) is 12.4. The Hall–Kier alpha value is -3.04. The summed E-state index contributed by atoms with van der Waals surface area (Å²) >= 11 is 1.50. The molecule has 2 aromatic rings. The molecule has 0 bridgehead atoms. The SMILES string of the molecule is Cc1cccc(C)c1OCC(=O)O[C@H](C(=O)N1CSC(C)(C)[C@H]1C(=O)NC(C)(C)C)[C@@H](N)Cc1ccccc1. The normalized spacial score (nSPS) is 18.3. The Labute approximate surface area is 236 Å². The first-order valence-corrected chi connectivity index (χ1v) is 14.1. The molecule has 3 N–H and O–H groups in total. The molecule has 0 spiro atoms. The number of carbonyl (C=O) groups is 3. The van der Waals surface area contributed by atoms with Crippen molar-refractivity contribution in [2.45, 2.75) is 83.4 Å². The zero-order valence-corrected chi connectivity index (χ0v) is 24.8. The zero-order valence-electron chi connectivity index (χ0n) is 23.9. The number of hydrogen-bond donors (Lipinski definition) is 2. The van der Waals surface area contributed by atoms with Crippen molar-refractivity contribution >= 4 is 29.5 Å². The lowest BCUT2D eigenvalue weighted by atomic mass is 9.96. The van der Waals surface area contributed by atoms with Crippen molar-refractivity contribution in [3.63, 3.8) is 0 Å². The fourth-order valence-corrected chi connectivity index (χ4v) is 5.80. The molecule has 1 heterocycles. The van der Waals surface area contributed by atoms with Crippen LogP contribution in [-0.4, -0.2) is 63.6 Å². The Morgan fingerprint density at radius 2 is 1.69 bits per heavy atom. The molecule has 1 aliphatic rings. The zero-order chi connectivity index (χ0) is 29.0. The Balaban J connectivity index is 1.84. The number of aryl methyl sites for hydroxylation is 2. The molecule has 0 aromatic heterocycles. The number of carbonyl (C=O) groups excluding carboxylic acids is 3. The molecule has 2 aromatic carbocycles. The highest BCUT2D eigenvalue weighted by atomic mass is 32.2. The highest BCUT2D eigenvalue weighted by Crippen LogP contribution is 2.40. The van der Waals surface area contributed by atoms with Gasteiger partial charge in [-0.1, -0.05) is 48.5 Å². The second-order valence-electron chi connectivity index (χ2n) is 11.6. The van der Waals surface area contributed by atoms with Crippen LogP contribution in [0.25, 0.3) is 0 Å². The van der Waals surface area contributed by atoms with E-state index in [0.717, 1.165) is 16.7 Å². The van der Waals surface area contributed by atoms with Crippen molar-refractivity contribution in [3.8, 4) is 5.75 Å². The van der Waals surface area contributed by atoms with Gasteiger partial charge in [0.25, 0.3) is 5.91 Å². The van der Waals surface area contributed by atoms with Gasteiger partial charge in [-0.15, -0.1) is 11.8 Å². The summed E-state index contributed by atoms with van der Waals surface area (Å²) < 4.78 is 11.0. The van der Waals surface area contributed by atoms with Gasteiger partial charge in [-0.25, -0.2) is 4.79 Å². The van der Waals surface area contributed by atoms with Gasteiger partial charge in [0, 0.05) is 10.3 Å². The molecule has 0 unspecified atom stereocenters. The van der Waals surface area contributed by atoms with E-state index < -0.39 is 40.4 Å². The summed E-state index contributed by atoms with van der Waals surface area (Å²) in [6.07, 6.45) is -0.982. The number of hydrogen-bond acceptors (Lipinski definition) is 7. The van der Waals surface area contributed by atoms with Crippen LogP contribution in [0.4, 0.5) is 0 Å². The number of nitrogens with one attached hydrogen (secondary N) is 1. The van der Waals surface area contributed by atoms with E-state index in [2.05, 4.69) is 5.32 Å². The van der Waals surface area contributed by atoms with Crippen LogP contribution in [0.2, 0.25) is 0 Å². The van der Waals surface area contributed by atoms with Gasteiger partial charge in [0.15, 0.2) is 12.7 Å². The number of para-hydroxylation sites is 1. The lowest BCUT2D eigenvalue weighted by Gasteiger charge is -2.35. The standard InChI is InChI=1S/C30H41N3O5S/c1-19-12-11-13-20(2)24(19)37-17-23(34)38-25(22(31)16-21-14-9-8-10-15-21)28(36)33-18-39-30(6,7)26(33)27(35)32-29(3,4)5/h8-15,22,25-26H,16-18,31H2,1-7H3,(H,32,35)/t22-,25-,26+/m0/s1. The number of nitrogens with two attached hydrogens (primary N) is 1. The number of thioether (sulfide) groups is 1. The van der Waals surface area contributed by atoms with Crippen LogP contribution in [0.3, 0.4) is 0 Å². The topological polar surface area (TPSA) is 111 Å². The number of benzene rings is 2. The summed E-state index contributed by atoms with van der Waals surface area (Å²) in [5, 5.41) is 2.99. The Kier molecular flexibility index (Phi) is 9.72. The quantitative estimate of drug-likeness (QED) is 0.453. The monoisotopic (exact) mass is 555 g/mol. The van der Waals surface area contributed by atoms with E-state index in [1.807, 2.05) is 97.0 Å². The van der Waals surface area contributed by atoms with Gasteiger partial charge < -0.3 is 25.4 Å². The number of rotatable bonds is 9. The third kappa shape index (κ3) is 7.99. The maximum atomic E-state index is 14.0. The van der Waals surface area contributed by atoms with E-state index in [1.54, 1.807) is 0 Å². The van der Waals surface area contributed by atoms with E-state index in [0.29, 0.717) is 12.2 Å². The number of ether oxygens (including phenoxy) is 2. The minimum absolute atomic E-state index is 0.258. The highest BCUT2D eigenvalue weighted by molar-refractivity contribution is 8.00. The van der Waals surface area contributed by atoms with Gasteiger partial charge in [0.05, 0.1) is 11.9 Å². The molecule has 2 amide bonds. The maximum absolute atomic E-state index is 14.0. The molecule has 3 rings (SSSR count). The average Bonchev–Trinajstić information content (AvgIpc) is 3.16. The van der Waals surface area contributed by atoms with E-state index >= 15 is 0 Å². The van der Waals surface area contributed by atoms with E-state index in [-0.39, 0.29) is 18.4 Å². The van der Waals surface area contributed by atoms with Gasteiger partial charge in [-0.05, 0) is 71.6 Å². The van der Waals surface area contributed by atoms with Crippen molar-refractivity contribution < 1.29 is 23.9 Å². The lowest BCUT2D eigenvalue weighted by molar-refractivity contribution is -0.164. The Bertz CT molecular complexity index is 1160. The fourth-order valence-electron chi connectivity index (χ4n) is 4.66. The van der Waals surface area contributed by atoms with Crippen molar-refractivity contribution in [3.05, 3.63) is 65.2 Å². The molecule has 1 aliphatic heterocycles. The van der Waals surface area contributed by atoms with Gasteiger partial charge in [-0.2, -0.15) is 0 Å². The first-order chi connectivity index (χ1) is 18.2. The second-order valence-corrected chi connectivity index (χ2v) is 13.2. The van der Waals surface area contributed by atoms with Crippen LogP contribution in [0.1, 0.15) is 51.3 Å². The van der Waals surface area contributed by atoms with Gasteiger partial charge in [0.1, 0.15) is 11.8 Å². The third-order valence-electron chi connectivity index (χ3n) is 6.52. The summed E-state index contributed by atoms with van der Waals surface area (Å²) in [7, 11) is 0. The predicted octanol–water partition coefficient (Wildman–Crippen LogP) is 3.76. The van der Waals surface area contributed by atoms with E-state index in [9.17, 15) is 14.4 Å². The lowest BCUT2D eigenvalue weighted by Crippen LogP contribution is -2.60. The smallest absolute Gasteiger partial charge is 0.345 e. The maximum Gasteiger partial charge on any atom is 0.345 e. The summed E-state index contributed by atoms with van der Waals surface area (Å²) in [5.41, 5.74) is 8.75. The molecule has 0 radical (unpaired) electrons. The van der Waals surface area contributed by atoms with Crippen LogP contribution < -0.4 is 15.8 Å². The molecule has 0 saturated carbocycles. The minimum Gasteiger partial charge on any atom is -0.481 e. The Morgan fingerprint density at radius 1 is 1.08 bits per heavy atom. The molecule has 39 heavy (non-hydrogen) atoms. The molecule has 212 valence electrons. The van der Waals surface area contributed by atoms with Crippen molar-refractivity contribution in [1.82, 2.24) is 10.2 Å². The summed E-state index contributed by atoms with van der Waals surface area (Å²) in [6, 6.07) is 13.6. The van der Waals surface area contributed by atoms with Crippen LogP contribution >= 0.6 is 11.8 Å². The minimum atomic E-state index is -1.29. The van der Waals surface area contributed by atoms with Crippen LogP contribution in [0.5, 0.6) is 5.75 Å². The van der Waals surface area contributed by atoms with E-state index in [4.69, 9.17) is 15.2 Å². The molecule has 9 heteroatoms. The summed E-state index contributed by atoms with van der Waals surface area (Å²) in [6.45, 7) is 13.0. The third-order valence-corrected chi connectivity index (χ3v) is 7.90. The largest absolute Gasteiger partial charge is 0.481 e. The Morgan fingerprint density at radius 3 is 2.28 bits per heavy atom. The molecular formula is C30H41N3O5S. The fraction of sp³-hybridized carbons (Fsp3) is 0.500. The molecule has 8 nitrogen and oxygen atoms in total. The molecule has 1 saturated heterocycles. The molecule has 0 aliphatic carbocycles. The average molecular weight is 556 g/mol. The van der Waals surface area contributed by atoms with E-state index in [1.165, 1.54) is 16.7 Å². The molecular weight excluding hydrogens is 514 g/mol. The summed E-state index contributed by atoms with van der Waals surface area (Å²) in [4.78, 5) is 41.8. The number of esters is 1. The van der Waals surface area contributed by atoms with Crippen LogP contribution in [-0.2, 0) is 25.5 Å². The summed E-state index contributed by atoms with van der Waals surface area (Å²) in [5.74, 6) is -0.584. The number of nitrogens with zero attached hydrogens (tertiary/aromatic N) is 1. The van der Waals surface area contributed by atoms with Crippen LogP contribution in [0.15, 0.2) is 48.5 Å². The number of amides is 2.